The highest BCUT2D eigenvalue weighted by Crippen LogP contribution is 2.28. The summed E-state index contributed by atoms with van der Waals surface area (Å²) in [5, 5.41) is 10.4. The molecule has 6 heteroatoms. The average molecular weight is 332 g/mol. The molecule has 5 nitrogen and oxygen atoms in total. The van der Waals surface area contributed by atoms with Crippen LogP contribution in [0.25, 0.3) is 10.8 Å². The lowest BCUT2D eigenvalue weighted by Crippen LogP contribution is -2.30. The minimum absolute atomic E-state index is 0.172. The molecule has 102 valence electrons. The number of benzene rings is 2. The highest BCUT2D eigenvalue weighted by Gasteiger charge is 2.20. The lowest BCUT2D eigenvalue weighted by atomic mass is 10.0. The Morgan fingerprint density at radius 3 is 2.60 bits per heavy atom. The molecule has 3 aromatic rings. The summed E-state index contributed by atoms with van der Waals surface area (Å²) in [4.78, 5) is 0. The molecule has 1 atom stereocenters. The van der Waals surface area contributed by atoms with E-state index in [1.165, 1.54) is 10.8 Å². The summed E-state index contributed by atoms with van der Waals surface area (Å²) in [5.41, 5.74) is 4.79. The molecule has 0 radical (unpaired) electrons. The SMILES string of the molecule is Cn1nnc(Br)c1C(NN)c1ccc2ccccc2c1. The molecular weight excluding hydrogens is 318 g/mol. The lowest BCUT2D eigenvalue weighted by molar-refractivity contribution is 0.569. The van der Waals surface area contributed by atoms with Crippen LogP contribution in [0.1, 0.15) is 17.3 Å². The van der Waals surface area contributed by atoms with Crippen LogP contribution in [0.15, 0.2) is 47.1 Å². The zero-order valence-electron chi connectivity index (χ0n) is 10.9. The molecule has 0 bridgehead atoms. The van der Waals surface area contributed by atoms with Gasteiger partial charge in [0.15, 0.2) is 4.60 Å². The number of nitrogens with two attached hydrogens (primary N) is 1. The van der Waals surface area contributed by atoms with Gasteiger partial charge < -0.3 is 0 Å². The molecule has 0 spiro atoms. The predicted octanol–water partition coefficient (Wildman–Crippen LogP) is 2.28. The van der Waals surface area contributed by atoms with Gasteiger partial charge in [-0.05, 0) is 38.3 Å². The van der Waals surface area contributed by atoms with Crippen molar-refractivity contribution >= 4 is 26.7 Å². The minimum atomic E-state index is -0.172. The first-order valence-electron chi connectivity index (χ1n) is 6.20. The molecule has 0 aliphatic rings. The van der Waals surface area contributed by atoms with Crippen LogP contribution in [0, 0.1) is 0 Å². The maximum absolute atomic E-state index is 5.74. The topological polar surface area (TPSA) is 68.8 Å². The smallest absolute Gasteiger partial charge is 0.153 e. The normalized spacial score (nSPS) is 12.8. The summed E-state index contributed by atoms with van der Waals surface area (Å²) in [5.74, 6) is 5.74. The molecule has 0 saturated heterocycles. The van der Waals surface area contributed by atoms with Crippen LogP contribution in [-0.2, 0) is 7.05 Å². The number of aromatic nitrogens is 3. The maximum atomic E-state index is 5.74. The summed E-state index contributed by atoms with van der Waals surface area (Å²) >= 11 is 3.42. The van der Waals surface area contributed by atoms with Gasteiger partial charge in [0.2, 0.25) is 0 Å². The summed E-state index contributed by atoms with van der Waals surface area (Å²) in [6.45, 7) is 0. The second-order valence-electron chi connectivity index (χ2n) is 4.60. The van der Waals surface area contributed by atoms with Crippen molar-refractivity contribution in [2.45, 2.75) is 6.04 Å². The second-order valence-corrected chi connectivity index (χ2v) is 5.35. The van der Waals surface area contributed by atoms with E-state index in [1.807, 2.05) is 19.2 Å². The lowest BCUT2D eigenvalue weighted by Gasteiger charge is -2.17. The molecule has 3 rings (SSSR count). The highest BCUT2D eigenvalue weighted by molar-refractivity contribution is 9.10. The van der Waals surface area contributed by atoms with Crippen molar-refractivity contribution in [3.8, 4) is 0 Å². The first-order chi connectivity index (χ1) is 9.70. The van der Waals surface area contributed by atoms with Crippen molar-refractivity contribution in [1.82, 2.24) is 20.4 Å². The largest absolute Gasteiger partial charge is 0.271 e. The molecule has 3 N–H and O–H groups in total. The van der Waals surface area contributed by atoms with Gasteiger partial charge in [-0.3, -0.25) is 5.84 Å². The molecule has 0 saturated carbocycles. The van der Waals surface area contributed by atoms with Crippen molar-refractivity contribution in [3.63, 3.8) is 0 Å². The Kier molecular flexibility index (Phi) is 3.52. The van der Waals surface area contributed by atoms with Crippen molar-refractivity contribution in [2.24, 2.45) is 12.9 Å². The van der Waals surface area contributed by atoms with E-state index in [0.717, 1.165) is 11.3 Å². The molecule has 0 fully saturated rings. The summed E-state index contributed by atoms with van der Waals surface area (Å²) in [6, 6.07) is 14.3. The minimum Gasteiger partial charge on any atom is -0.271 e. The Balaban J connectivity index is 2.12. The molecule has 1 heterocycles. The Morgan fingerprint density at radius 2 is 1.95 bits per heavy atom. The number of aryl methyl sites for hydroxylation is 1. The third-order valence-corrected chi connectivity index (χ3v) is 3.94. The number of halogens is 1. The van der Waals surface area contributed by atoms with Gasteiger partial charge >= 0.3 is 0 Å². The number of fused-ring (bicyclic) bond motifs is 1. The molecule has 0 aliphatic heterocycles. The Morgan fingerprint density at radius 1 is 1.20 bits per heavy atom. The first-order valence-corrected chi connectivity index (χ1v) is 7.00. The zero-order chi connectivity index (χ0) is 14.1. The van der Waals surface area contributed by atoms with Gasteiger partial charge in [0, 0.05) is 7.05 Å². The number of hydrazine groups is 1. The monoisotopic (exact) mass is 331 g/mol. The molecule has 2 aromatic carbocycles. The van der Waals surface area contributed by atoms with Gasteiger partial charge in [-0.2, -0.15) is 0 Å². The number of nitrogens with zero attached hydrogens (tertiary/aromatic N) is 3. The van der Waals surface area contributed by atoms with E-state index < -0.39 is 0 Å². The van der Waals surface area contributed by atoms with Gasteiger partial charge in [0.1, 0.15) is 0 Å². The average Bonchev–Trinajstić information content (AvgIpc) is 2.80. The standard InChI is InChI=1S/C14H14BrN5/c1-20-13(14(15)18-19-20)12(17-16)11-7-6-9-4-2-3-5-10(9)8-11/h2-8,12,17H,16H2,1H3. The fourth-order valence-corrected chi connectivity index (χ4v) is 2.92. The maximum Gasteiger partial charge on any atom is 0.153 e. The fraction of sp³-hybridized carbons (Fsp3) is 0.143. The Hall–Kier alpha value is -1.76. The number of rotatable bonds is 3. The van der Waals surface area contributed by atoms with E-state index in [4.69, 9.17) is 5.84 Å². The van der Waals surface area contributed by atoms with E-state index in [0.29, 0.717) is 4.60 Å². The van der Waals surface area contributed by atoms with Gasteiger partial charge in [-0.25, -0.2) is 10.1 Å². The van der Waals surface area contributed by atoms with Crippen LogP contribution in [0.4, 0.5) is 0 Å². The van der Waals surface area contributed by atoms with Crippen LogP contribution in [0.3, 0.4) is 0 Å². The van der Waals surface area contributed by atoms with Crippen LogP contribution in [0.2, 0.25) is 0 Å². The second kappa shape index (κ2) is 5.32. The van der Waals surface area contributed by atoms with Gasteiger partial charge in [0.25, 0.3) is 0 Å². The van der Waals surface area contributed by atoms with E-state index >= 15 is 0 Å². The van der Waals surface area contributed by atoms with Crippen LogP contribution in [0.5, 0.6) is 0 Å². The van der Waals surface area contributed by atoms with Gasteiger partial charge in [-0.15, -0.1) is 5.10 Å². The van der Waals surface area contributed by atoms with Crippen LogP contribution >= 0.6 is 15.9 Å². The van der Waals surface area contributed by atoms with E-state index in [2.05, 4.69) is 62.0 Å². The fourth-order valence-electron chi connectivity index (χ4n) is 2.37. The van der Waals surface area contributed by atoms with Crippen molar-refractivity contribution in [3.05, 3.63) is 58.3 Å². The molecule has 0 amide bonds. The number of nitrogens with one attached hydrogen (secondary N) is 1. The molecule has 1 aromatic heterocycles. The third-order valence-electron chi connectivity index (χ3n) is 3.37. The molecule has 1 unspecified atom stereocenters. The van der Waals surface area contributed by atoms with Crippen molar-refractivity contribution < 1.29 is 0 Å². The third kappa shape index (κ3) is 2.22. The van der Waals surface area contributed by atoms with Gasteiger partial charge in [0.05, 0.1) is 11.7 Å². The predicted molar refractivity (Wildman–Crippen MR) is 81.8 cm³/mol. The van der Waals surface area contributed by atoms with E-state index in [9.17, 15) is 0 Å². The summed E-state index contributed by atoms with van der Waals surface area (Å²) < 4.78 is 2.40. The highest BCUT2D eigenvalue weighted by atomic mass is 79.9. The first kappa shape index (κ1) is 13.2. The van der Waals surface area contributed by atoms with Crippen LogP contribution in [-0.4, -0.2) is 15.0 Å². The molecular formula is C14H14BrN5. The van der Waals surface area contributed by atoms with Crippen molar-refractivity contribution in [1.29, 1.82) is 0 Å². The number of hydrogen-bond acceptors (Lipinski definition) is 4. The Labute approximate surface area is 124 Å². The zero-order valence-corrected chi connectivity index (χ0v) is 12.5. The number of hydrogen-bond donors (Lipinski definition) is 2. The van der Waals surface area contributed by atoms with Crippen LogP contribution < -0.4 is 11.3 Å². The molecule has 20 heavy (non-hydrogen) atoms. The summed E-state index contributed by atoms with van der Waals surface area (Å²) in [6.07, 6.45) is 0. The molecule has 0 aliphatic carbocycles. The van der Waals surface area contributed by atoms with Gasteiger partial charge in [-0.1, -0.05) is 41.6 Å². The summed E-state index contributed by atoms with van der Waals surface area (Å²) in [7, 11) is 1.85. The van der Waals surface area contributed by atoms with E-state index in [-0.39, 0.29) is 6.04 Å². The van der Waals surface area contributed by atoms with Crippen molar-refractivity contribution in [2.75, 3.05) is 0 Å². The quantitative estimate of drug-likeness (QED) is 0.570. The Bertz CT molecular complexity index is 733. The van der Waals surface area contributed by atoms with E-state index in [1.54, 1.807) is 4.68 Å².